The van der Waals surface area contributed by atoms with E-state index in [-0.39, 0.29) is 5.60 Å². The smallest absolute Gasteiger partial charge is 0.133 e. The van der Waals surface area contributed by atoms with Crippen LogP contribution in [0, 0.1) is 0 Å². The van der Waals surface area contributed by atoms with Crippen LogP contribution in [-0.4, -0.2) is 25.9 Å². The van der Waals surface area contributed by atoms with Gasteiger partial charge in [-0.1, -0.05) is 6.07 Å². The Morgan fingerprint density at radius 3 is 2.47 bits per heavy atom. The molecular formula is C15H24BrNO2. The van der Waals surface area contributed by atoms with Gasteiger partial charge in [0.15, 0.2) is 0 Å². The van der Waals surface area contributed by atoms with Crippen LogP contribution in [0.4, 0.5) is 0 Å². The van der Waals surface area contributed by atoms with E-state index in [0.717, 1.165) is 10.2 Å². The monoisotopic (exact) mass is 329 g/mol. The number of rotatable bonds is 6. The predicted molar refractivity (Wildman–Crippen MR) is 82.8 cm³/mol. The second-order valence-electron chi connectivity index (χ2n) is 5.51. The van der Waals surface area contributed by atoms with Gasteiger partial charge < -0.3 is 14.8 Å². The third-order valence-electron chi connectivity index (χ3n) is 2.76. The molecule has 1 atom stereocenters. The van der Waals surface area contributed by atoms with Crippen LogP contribution >= 0.6 is 15.9 Å². The van der Waals surface area contributed by atoms with Crippen LogP contribution in [0.5, 0.6) is 5.75 Å². The first-order valence-electron chi connectivity index (χ1n) is 6.57. The summed E-state index contributed by atoms with van der Waals surface area (Å²) in [7, 11) is 1.95. The Balaban J connectivity index is 2.51. The summed E-state index contributed by atoms with van der Waals surface area (Å²) >= 11 is 3.54. The van der Waals surface area contributed by atoms with Crippen LogP contribution in [-0.2, 0) is 4.74 Å². The van der Waals surface area contributed by atoms with Gasteiger partial charge in [-0.05, 0) is 68.4 Å². The lowest BCUT2D eigenvalue weighted by Crippen LogP contribution is -2.22. The molecule has 0 amide bonds. The van der Waals surface area contributed by atoms with E-state index in [1.165, 1.54) is 5.56 Å². The predicted octanol–water partition coefficient (Wildman–Crippen LogP) is 3.92. The second-order valence-corrected chi connectivity index (χ2v) is 6.36. The quantitative estimate of drug-likeness (QED) is 0.802. The fraction of sp³-hybridized carbons (Fsp3) is 0.600. The van der Waals surface area contributed by atoms with Crippen LogP contribution in [0.1, 0.15) is 39.3 Å². The minimum Gasteiger partial charge on any atom is -0.490 e. The van der Waals surface area contributed by atoms with Crippen molar-refractivity contribution in [2.45, 2.75) is 39.3 Å². The number of halogens is 1. The minimum absolute atomic E-state index is 0.118. The van der Waals surface area contributed by atoms with Gasteiger partial charge in [0.1, 0.15) is 12.4 Å². The fourth-order valence-electron chi connectivity index (χ4n) is 1.57. The normalized spacial score (nSPS) is 13.4. The van der Waals surface area contributed by atoms with Gasteiger partial charge in [0.2, 0.25) is 0 Å². The van der Waals surface area contributed by atoms with Gasteiger partial charge in [0.25, 0.3) is 0 Å². The highest BCUT2D eigenvalue weighted by molar-refractivity contribution is 9.10. The summed E-state index contributed by atoms with van der Waals surface area (Å²) in [6.07, 6.45) is 0. The van der Waals surface area contributed by atoms with Crippen LogP contribution in [0.3, 0.4) is 0 Å². The van der Waals surface area contributed by atoms with Crippen molar-refractivity contribution in [2.75, 3.05) is 20.3 Å². The lowest BCUT2D eigenvalue weighted by Gasteiger charge is -2.20. The van der Waals surface area contributed by atoms with Crippen molar-refractivity contribution < 1.29 is 9.47 Å². The van der Waals surface area contributed by atoms with Crippen LogP contribution in [0.2, 0.25) is 0 Å². The van der Waals surface area contributed by atoms with Crippen LogP contribution in [0.15, 0.2) is 22.7 Å². The Morgan fingerprint density at radius 1 is 1.26 bits per heavy atom. The number of benzene rings is 1. The van der Waals surface area contributed by atoms with Crippen molar-refractivity contribution >= 4 is 15.9 Å². The first-order valence-corrected chi connectivity index (χ1v) is 7.36. The van der Waals surface area contributed by atoms with Gasteiger partial charge in [-0.15, -0.1) is 0 Å². The minimum atomic E-state index is -0.118. The van der Waals surface area contributed by atoms with Gasteiger partial charge >= 0.3 is 0 Å². The summed E-state index contributed by atoms with van der Waals surface area (Å²) in [6.45, 7) is 9.38. The molecule has 0 saturated heterocycles. The lowest BCUT2D eigenvalue weighted by molar-refractivity contribution is -0.0163. The van der Waals surface area contributed by atoms with Gasteiger partial charge in [0.05, 0.1) is 16.7 Å². The lowest BCUT2D eigenvalue weighted by atomic mass is 10.1. The molecule has 1 N–H and O–H groups in total. The third-order valence-corrected chi connectivity index (χ3v) is 3.38. The Bertz CT molecular complexity index is 402. The Hall–Kier alpha value is -0.580. The largest absolute Gasteiger partial charge is 0.490 e. The molecule has 19 heavy (non-hydrogen) atoms. The molecule has 0 aromatic heterocycles. The first-order chi connectivity index (χ1) is 8.83. The summed E-state index contributed by atoms with van der Waals surface area (Å²) in [5.74, 6) is 0.851. The van der Waals surface area contributed by atoms with E-state index in [2.05, 4.69) is 40.3 Å². The molecule has 3 nitrogen and oxygen atoms in total. The fourth-order valence-corrected chi connectivity index (χ4v) is 2.08. The van der Waals surface area contributed by atoms with Gasteiger partial charge in [-0.3, -0.25) is 0 Å². The molecule has 0 bridgehead atoms. The molecule has 0 aliphatic carbocycles. The van der Waals surface area contributed by atoms with Crippen molar-refractivity contribution in [3.05, 3.63) is 28.2 Å². The van der Waals surface area contributed by atoms with Crippen LogP contribution in [0.25, 0.3) is 0 Å². The highest BCUT2D eigenvalue weighted by Gasteiger charge is 2.10. The summed E-state index contributed by atoms with van der Waals surface area (Å²) < 4.78 is 12.3. The summed E-state index contributed by atoms with van der Waals surface area (Å²) in [6, 6.07) is 6.48. The SMILES string of the molecule is CNC(C)c1ccc(OCCOC(C)(C)C)c(Br)c1. The van der Waals surface area contributed by atoms with Crippen molar-refractivity contribution in [2.24, 2.45) is 0 Å². The van der Waals surface area contributed by atoms with E-state index in [1.807, 2.05) is 33.9 Å². The molecule has 0 fully saturated rings. The van der Waals surface area contributed by atoms with Crippen molar-refractivity contribution in [1.29, 1.82) is 0 Å². The highest BCUT2D eigenvalue weighted by Crippen LogP contribution is 2.28. The first kappa shape index (κ1) is 16.5. The zero-order valence-electron chi connectivity index (χ0n) is 12.4. The number of nitrogens with one attached hydrogen (secondary N) is 1. The van der Waals surface area contributed by atoms with E-state index >= 15 is 0 Å². The van der Waals surface area contributed by atoms with Gasteiger partial charge in [-0.25, -0.2) is 0 Å². The van der Waals surface area contributed by atoms with Crippen LogP contribution < -0.4 is 10.1 Å². The maximum absolute atomic E-state index is 5.71. The van der Waals surface area contributed by atoms with E-state index in [4.69, 9.17) is 9.47 Å². The summed E-state index contributed by atoms with van der Waals surface area (Å²) in [5, 5.41) is 3.22. The third kappa shape index (κ3) is 5.93. The molecule has 0 aliphatic heterocycles. The molecule has 4 heteroatoms. The van der Waals surface area contributed by atoms with Gasteiger partial charge in [-0.2, -0.15) is 0 Å². The second kappa shape index (κ2) is 7.27. The number of hydrogen-bond donors (Lipinski definition) is 1. The van der Waals surface area contributed by atoms with Crippen molar-refractivity contribution in [1.82, 2.24) is 5.32 Å². The number of hydrogen-bond acceptors (Lipinski definition) is 3. The zero-order valence-corrected chi connectivity index (χ0v) is 14.0. The maximum atomic E-state index is 5.71. The molecule has 0 aliphatic rings. The average Bonchev–Trinajstić information content (AvgIpc) is 2.33. The van der Waals surface area contributed by atoms with Crippen molar-refractivity contribution in [3.63, 3.8) is 0 Å². The molecule has 108 valence electrons. The maximum Gasteiger partial charge on any atom is 0.133 e. The topological polar surface area (TPSA) is 30.5 Å². The molecule has 1 aromatic rings. The highest BCUT2D eigenvalue weighted by atomic mass is 79.9. The summed E-state index contributed by atoms with van der Waals surface area (Å²) in [5.41, 5.74) is 1.11. The number of ether oxygens (including phenoxy) is 2. The van der Waals surface area contributed by atoms with E-state index < -0.39 is 0 Å². The molecular weight excluding hydrogens is 306 g/mol. The Morgan fingerprint density at radius 2 is 1.95 bits per heavy atom. The molecule has 0 heterocycles. The molecule has 0 spiro atoms. The van der Waals surface area contributed by atoms with E-state index in [0.29, 0.717) is 19.3 Å². The molecule has 1 aromatic carbocycles. The van der Waals surface area contributed by atoms with Crippen molar-refractivity contribution in [3.8, 4) is 5.75 Å². The standard InChI is InChI=1S/C15H24BrNO2/c1-11(17-5)12-6-7-14(13(16)10-12)18-8-9-19-15(2,3)4/h6-7,10-11,17H,8-9H2,1-5H3. The van der Waals surface area contributed by atoms with E-state index in [1.54, 1.807) is 0 Å². The molecule has 1 unspecified atom stereocenters. The zero-order chi connectivity index (χ0) is 14.5. The Kier molecular flexibility index (Phi) is 6.30. The molecule has 0 radical (unpaired) electrons. The molecule has 0 saturated carbocycles. The average molecular weight is 330 g/mol. The van der Waals surface area contributed by atoms with Gasteiger partial charge in [0, 0.05) is 6.04 Å². The Labute approximate surface area is 124 Å². The summed E-state index contributed by atoms with van der Waals surface area (Å²) in [4.78, 5) is 0. The molecule has 1 rings (SSSR count). The van der Waals surface area contributed by atoms with E-state index in [9.17, 15) is 0 Å².